The first-order valence-electron chi connectivity index (χ1n) is 13.9. The fraction of sp³-hybridized carbons (Fsp3) is 0.419. The average molecular weight is 562 g/mol. The predicted molar refractivity (Wildman–Crippen MR) is 152 cm³/mol. The van der Waals surface area contributed by atoms with E-state index in [0.717, 1.165) is 27.6 Å². The van der Waals surface area contributed by atoms with E-state index in [0.29, 0.717) is 29.9 Å². The van der Waals surface area contributed by atoms with E-state index in [4.69, 9.17) is 14.5 Å². The van der Waals surface area contributed by atoms with Crippen molar-refractivity contribution in [3.8, 4) is 11.4 Å². The minimum atomic E-state index is -1.05. The first-order chi connectivity index (χ1) is 19.6. The van der Waals surface area contributed by atoms with Crippen LogP contribution in [-0.4, -0.2) is 39.7 Å². The number of nitrogens with zero attached hydrogens (tertiary/aromatic N) is 2. The second-order valence-corrected chi connectivity index (χ2v) is 10.2. The second-order valence-electron chi connectivity index (χ2n) is 10.2. The van der Waals surface area contributed by atoms with Crippen LogP contribution in [0, 0.1) is 13.8 Å². The Morgan fingerprint density at radius 1 is 1.07 bits per heavy atom. The van der Waals surface area contributed by atoms with Gasteiger partial charge in [0.05, 0.1) is 35.4 Å². The van der Waals surface area contributed by atoms with Gasteiger partial charge in [0.1, 0.15) is 25.0 Å². The number of aromatic nitrogens is 2. The van der Waals surface area contributed by atoms with Gasteiger partial charge in [0.2, 0.25) is 5.91 Å². The van der Waals surface area contributed by atoms with E-state index in [1.807, 2.05) is 39.8 Å². The van der Waals surface area contributed by atoms with E-state index in [-0.39, 0.29) is 48.7 Å². The summed E-state index contributed by atoms with van der Waals surface area (Å²) in [4.78, 5) is 66.4. The number of pyridine rings is 2. The van der Waals surface area contributed by atoms with Gasteiger partial charge in [-0.25, -0.2) is 4.98 Å². The van der Waals surface area contributed by atoms with Gasteiger partial charge in [-0.15, -0.1) is 0 Å². The van der Waals surface area contributed by atoms with Crippen molar-refractivity contribution in [1.29, 1.82) is 0 Å². The average Bonchev–Trinajstić information content (AvgIpc) is 3.20. The summed E-state index contributed by atoms with van der Waals surface area (Å²) in [5.41, 5.74) is 5.56. The lowest BCUT2D eigenvalue weighted by Crippen LogP contribution is -2.32. The third kappa shape index (κ3) is 6.37. The lowest BCUT2D eigenvalue weighted by Gasteiger charge is -2.18. The Bertz CT molecular complexity index is 1610. The molecule has 1 unspecified atom stereocenters. The Balaban J connectivity index is 0.00000189. The SMILES string of the molecule is CC.CC(=O)CCCC(=O)NCC(=O)OC1CC(=O)OCc2c1cc1n(c2=O)Cc2cc3cc(C)c(C)cc3nc2-1. The van der Waals surface area contributed by atoms with Gasteiger partial charge in [-0.3, -0.25) is 19.2 Å². The van der Waals surface area contributed by atoms with Crippen molar-refractivity contribution in [3.05, 3.63) is 62.4 Å². The molecule has 1 aromatic carbocycles. The molecule has 1 N–H and O–H groups in total. The summed E-state index contributed by atoms with van der Waals surface area (Å²) in [5.74, 6) is -1.75. The van der Waals surface area contributed by atoms with E-state index in [1.54, 1.807) is 10.6 Å². The molecule has 5 rings (SSSR count). The molecule has 0 fully saturated rings. The molecule has 1 atom stereocenters. The highest BCUT2D eigenvalue weighted by Crippen LogP contribution is 2.36. The summed E-state index contributed by atoms with van der Waals surface area (Å²) in [5, 5.41) is 3.46. The van der Waals surface area contributed by atoms with E-state index < -0.39 is 24.6 Å². The molecule has 0 aliphatic carbocycles. The number of rotatable bonds is 7. The minimum Gasteiger partial charge on any atom is -0.460 e. The van der Waals surface area contributed by atoms with Gasteiger partial charge in [-0.2, -0.15) is 0 Å². The summed E-state index contributed by atoms with van der Waals surface area (Å²) >= 11 is 0. The zero-order valence-electron chi connectivity index (χ0n) is 24.1. The third-order valence-electron chi connectivity index (χ3n) is 7.23. The first kappa shape index (κ1) is 29.6. The molecular formula is C31H35N3O7. The fourth-order valence-corrected chi connectivity index (χ4v) is 5.03. The molecule has 41 heavy (non-hydrogen) atoms. The standard InChI is InChI=1S/C29H29N3O7.C2H6/c1-15-7-18-9-19-13-32-23(28(19)31-22(18)8-16(15)2)10-20-21(29(32)37)14-38-26(35)11-24(20)39-27(36)12-30-25(34)6-4-5-17(3)33;1-2/h7-10,24H,4-6,11-14H2,1-3H3,(H,30,34);1-2H3. The number of carbonyl (C=O) groups is 4. The zero-order chi connectivity index (χ0) is 29.8. The summed E-state index contributed by atoms with van der Waals surface area (Å²) in [7, 11) is 0. The fourth-order valence-electron chi connectivity index (χ4n) is 5.03. The van der Waals surface area contributed by atoms with Gasteiger partial charge in [0, 0.05) is 29.4 Å². The van der Waals surface area contributed by atoms with Gasteiger partial charge >= 0.3 is 11.9 Å². The van der Waals surface area contributed by atoms with E-state index in [1.165, 1.54) is 6.92 Å². The maximum atomic E-state index is 13.6. The van der Waals surface area contributed by atoms with Crippen LogP contribution in [0.3, 0.4) is 0 Å². The van der Waals surface area contributed by atoms with E-state index in [2.05, 4.69) is 11.4 Å². The second kappa shape index (κ2) is 12.4. The number of carbonyl (C=O) groups excluding carboxylic acids is 4. The van der Waals surface area contributed by atoms with Crippen molar-refractivity contribution in [3.63, 3.8) is 0 Å². The van der Waals surface area contributed by atoms with Crippen LogP contribution in [0.1, 0.15) is 80.4 Å². The van der Waals surface area contributed by atoms with Gasteiger partial charge < -0.3 is 24.2 Å². The van der Waals surface area contributed by atoms with E-state index >= 15 is 0 Å². The molecule has 216 valence electrons. The Morgan fingerprint density at radius 2 is 1.80 bits per heavy atom. The number of ketones is 1. The minimum absolute atomic E-state index is 0.0141. The van der Waals surface area contributed by atoms with Crippen LogP contribution in [0.25, 0.3) is 22.3 Å². The number of benzene rings is 1. The molecule has 0 bridgehead atoms. The Hall–Kier alpha value is -4.34. The number of hydrogen-bond donors (Lipinski definition) is 1. The van der Waals surface area contributed by atoms with Crippen LogP contribution in [0.5, 0.6) is 0 Å². The highest BCUT2D eigenvalue weighted by atomic mass is 16.6. The Kier molecular flexibility index (Phi) is 9.00. The number of Topliss-reactive ketones (excluding diaryl/α,β-unsaturated/α-hetero) is 1. The number of ether oxygens (including phenoxy) is 2. The van der Waals surface area contributed by atoms with Gasteiger partial charge in [-0.1, -0.05) is 13.8 Å². The number of aryl methyl sites for hydroxylation is 2. The maximum absolute atomic E-state index is 13.6. The summed E-state index contributed by atoms with van der Waals surface area (Å²) < 4.78 is 12.4. The molecule has 0 spiro atoms. The zero-order valence-corrected chi connectivity index (χ0v) is 24.1. The molecule has 2 aliphatic rings. The highest BCUT2D eigenvalue weighted by Gasteiger charge is 2.33. The molecule has 0 saturated heterocycles. The smallest absolute Gasteiger partial charge is 0.326 e. The van der Waals surface area contributed by atoms with Crippen LogP contribution < -0.4 is 10.9 Å². The Morgan fingerprint density at radius 3 is 2.54 bits per heavy atom. The molecule has 10 heteroatoms. The largest absolute Gasteiger partial charge is 0.460 e. The molecule has 0 saturated carbocycles. The number of cyclic esters (lactones) is 1. The van der Waals surface area contributed by atoms with Gasteiger partial charge in [0.15, 0.2) is 0 Å². The molecular weight excluding hydrogens is 526 g/mol. The molecule has 0 radical (unpaired) electrons. The number of fused-ring (bicyclic) bond motifs is 5. The lowest BCUT2D eigenvalue weighted by atomic mass is 10.0. The van der Waals surface area contributed by atoms with Crippen LogP contribution >= 0.6 is 0 Å². The van der Waals surface area contributed by atoms with Crippen molar-refractivity contribution in [1.82, 2.24) is 14.9 Å². The topological polar surface area (TPSA) is 134 Å². The van der Waals surface area contributed by atoms with Crippen LogP contribution in [-0.2, 0) is 41.8 Å². The predicted octanol–water partition coefficient (Wildman–Crippen LogP) is 3.97. The van der Waals surface area contributed by atoms with Gasteiger partial charge in [-0.05, 0) is 62.6 Å². The number of amides is 1. The summed E-state index contributed by atoms with van der Waals surface area (Å²) in [6, 6.07) is 7.89. The molecule has 2 aromatic heterocycles. The van der Waals surface area contributed by atoms with Crippen LogP contribution in [0.4, 0.5) is 0 Å². The van der Waals surface area contributed by atoms with Gasteiger partial charge in [0.25, 0.3) is 5.56 Å². The van der Waals surface area contributed by atoms with E-state index in [9.17, 15) is 24.0 Å². The van der Waals surface area contributed by atoms with Crippen molar-refractivity contribution in [2.24, 2.45) is 0 Å². The summed E-state index contributed by atoms with van der Waals surface area (Å²) in [6.07, 6.45) is -0.535. The molecule has 1 amide bonds. The molecule has 10 nitrogen and oxygen atoms in total. The third-order valence-corrected chi connectivity index (χ3v) is 7.23. The maximum Gasteiger partial charge on any atom is 0.326 e. The lowest BCUT2D eigenvalue weighted by molar-refractivity contribution is -0.155. The number of esters is 2. The van der Waals surface area contributed by atoms with Crippen molar-refractivity contribution in [2.45, 2.75) is 79.6 Å². The van der Waals surface area contributed by atoms with Crippen molar-refractivity contribution >= 4 is 34.5 Å². The first-order valence-corrected chi connectivity index (χ1v) is 13.9. The molecule has 2 aliphatic heterocycles. The number of nitrogens with one attached hydrogen (secondary N) is 1. The van der Waals surface area contributed by atoms with Crippen molar-refractivity contribution in [2.75, 3.05) is 6.54 Å². The normalized spacial score (nSPS) is 15.0. The quantitative estimate of drug-likeness (QED) is 0.335. The number of hydrogen-bond acceptors (Lipinski definition) is 8. The Labute approximate surface area is 238 Å². The monoisotopic (exact) mass is 561 g/mol. The molecule has 4 heterocycles. The highest BCUT2D eigenvalue weighted by molar-refractivity contribution is 5.86. The van der Waals surface area contributed by atoms with Crippen LogP contribution in [0.15, 0.2) is 29.1 Å². The molecule has 3 aromatic rings. The van der Waals surface area contributed by atoms with Crippen molar-refractivity contribution < 1.29 is 28.7 Å². The summed E-state index contributed by atoms with van der Waals surface area (Å²) in [6.45, 7) is 9.22. The van der Waals surface area contributed by atoms with Crippen LogP contribution in [0.2, 0.25) is 0 Å².